The van der Waals surface area contributed by atoms with Crippen molar-refractivity contribution >= 4 is 43.8 Å². The van der Waals surface area contributed by atoms with Gasteiger partial charge in [-0.15, -0.1) is 0 Å². The van der Waals surface area contributed by atoms with Gasteiger partial charge < -0.3 is 9.47 Å². The average molecular weight is 402 g/mol. The third-order valence-electron chi connectivity index (χ3n) is 2.56. The summed E-state index contributed by atoms with van der Waals surface area (Å²) in [6.45, 7) is 4.40. The summed E-state index contributed by atoms with van der Waals surface area (Å²) in [5.74, 6) is -0.524. The summed E-state index contributed by atoms with van der Waals surface area (Å²) in [5.41, 5.74) is -0.652. The van der Waals surface area contributed by atoms with Crippen LogP contribution in [0.25, 0.3) is 0 Å². The fourth-order valence-electron chi connectivity index (χ4n) is 1.24. The standard InChI is InChI=1S/C13H22Br2O4/c1-13(2,12(17)19-10-4-8-15)6-5-11(16)18-9-3-7-14/h3-10H2,1-2H3. The molecule has 0 aliphatic carbocycles. The van der Waals surface area contributed by atoms with Crippen molar-refractivity contribution in [3.63, 3.8) is 0 Å². The number of carbonyl (C=O) groups excluding carboxylic acids is 2. The maximum Gasteiger partial charge on any atom is 0.311 e. The minimum atomic E-state index is -0.652. The molecule has 0 heterocycles. The molecular formula is C13H22Br2O4. The summed E-state index contributed by atoms with van der Waals surface area (Å²) < 4.78 is 10.2. The van der Waals surface area contributed by atoms with Gasteiger partial charge in [-0.25, -0.2) is 0 Å². The quantitative estimate of drug-likeness (QED) is 0.319. The van der Waals surface area contributed by atoms with E-state index in [1.165, 1.54) is 0 Å². The van der Waals surface area contributed by atoms with Crippen molar-refractivity contribution in [3.05, 3.63) is 0 Å². The van der Waals surface area contributed by atoms with Crippen LogP contribution in [0.1, 0.15) is 39.5 Å². The molecule has 0 fully saturated rings. The number of ether oxygens (including phenoxy) is 2. The van der Waals surface area contributed by atoms with Crippen LogP contribution >= 0.6 is 31.9 Å². The van der Waals surface area contributed by atoms with Crippen molar-refractivity contribution in [2.75, 3.05) is 23.9 Å². The minimum absolute atomic E-state index is 0.239. The van der Waals surface area contributed by atoms with E-state index in [2.05, 4.69) is 31.9 Å². The second-order valence-electron chi connectivity index (χ2n) is 4.83. The van der Waals surface area contributed by atoms with Crippen LogP contribution in [0.4, 0.5) is 0 Å². The van der Waals surface area contributed by atoms with Crippen LogP contribution in [0, 0.1) is 5.41 Å². The van der Waals surface area contributed by atoms with Gasteiger partial charge in [0.1, 0.15) is 0 Å². The van der Waals surface area contributed by atoms with Crippen molar-refractivity contribution in [2.45, 2.75) is 39.5 Å². The largest absolute Gasteiger partial charge is 0.466 e. The van der Waals surface area contributed by atoms with Gasteiger partial charge in [0.05, 0.1) is 18.6 Å². The van der Waals surface area contributed by atoms with E-state index in [9.17, 15) is 9.59 Å². The van der Waals surface area contributed by atoms with E-state index in [0.29, 0.717) is 19.6 Å². The normalized spacial score (nSPS) is 11.2. The molecule has 19 heavy (non-hydrogen) atoms. The highest BCUT2D eigenvalue weighted by Gasteiger charge is 2.30. The fourth-order valence-corrected chi connectivity index (χ4v) is 1.70. The molecule has 6 heteroatoms. The molecule has 0 aliphatic rings. The van der Waals surface area contributed by atoms with Gasteiger partial charge in [0.25, 0.3) is 0 Å². The molecule has 0 N–H and O–H groups in total. The summed E-state index contributed by atoms with van der Waals surface area (Å²) in [4.78, 5) is 23.3. The molecular weight excluding hydrogens is 380 g/mol. The molecule has 0 radical (unpaired) electrons. The minimum Gasteiger partial charge on any atom is -0.466 e. The molecule has 0 saturated heterocycles. The predicted octanol–water partition coefficient (Wildman–Crippen LogP) is 3.45. The molecule has 0 aromatic carbocycles. The van der Waals surface area contributed by atoms with Crippen LogP contribution in [0.5, 0.6) is 0 Å². The molecule has 0 saturated carbocycles. The zero-order valence-corrected chi connectivity index (χ0v) is 14.7. The Hall–Kier alpha value is -0.100. The van der Waals surface area contributed by atoms with Crippen LogP contribution in [0.3, 0.4) is 0 Å². The van der Waals surface area contributed by atoms with Crippen molar-refractivity contribution < 1.29 is 19.1 Å². The van der Waals surface area contributed by atoms with Crippen LogP contribution in [0.15, 0.2) is 0 Å². The lowest BCUT2D eigenvalue weighted by Crippen LogP contribution is -2.28. The van der Waals surface area contributed by atoms with Gasteiger partial charge in [-0.2, -0.15) is 0 Å². The first-order chi connectivity index (χ1) is 8.94. The highest BCUT2D eigenvalue weighted by Crippen LogP contribution is 2.24. The Balaban J connectivity index is 3.93. The number of carbonyl (C=O) groups is 2. The van der Waals surface area contributed by atoms with Crippen LogP contribution < -0.4 is 0 Å². The zero-order valence-electron chi connectivity index (χ0n) is 11.5. The topological polar surface area (TPSA) is 52.6 Å². The van der Waals surface area contributed by atoms with Crippen LogP contribution in [-0.4, -0.2) is 35.8 Å². The Labute approximate surface area is 131 Å². The average Bonchev–Trinajstić information content (AvgIpc) is 2.37. The van der Waals surface area contributed by atoms with E-state index in [-0.39, 0.29) is 18.4 Å². The van der Waals surface area contributed by atoms with Gasteiger partial charge in [0.15, 0.2) is 0 Å². The summed E-state index contributed by atoms with van der Waals surface area (Å²) in [7, 11) is 0. The number of hydrogen-bond donors (Lipinski definition) is 0. The van der Waals surface area contributed by atoms with E-state index >= 15 is 0 Å². The summed E-state index contributed by atoms with van der Waals surface area (Å²) in [5, 5.41) is 1.62. The smallest absolute Gasteiger partial charge is 0.311 e. The number of alkyl halides is 2. The lowest BCUT2D eigenvalue weighted by Gasteiger charge is -2.21. The number of rotatable bonds is 10. The Morgan fingerprint density at radius 3 is 2.05 bits per heavy atom. The molecule has 4 nitrogen and oxygen atoms in total. The van der Waals surface area contributed by atoms with Crippen molar-refractivity contribution in [1.29, 1.82) is 0 Å². The van der Waals surface area contributed by atoms with Crippen LogP contribution in [-0.2, 0) is 19.1 Å². The van der Waals surface area contributed by atoms with Gasteiger partial charge in [0.2, 0.25) is 0 Å². The third-order valence-corrected chi connectivity index (χ3v) is 3.68. The Kier molecular flexibility index (Phi) is 10.6. The maximum atomic E-state index is 11.8. The molecule has 112 valence electrons. The number of hydrogen-bond acceptors (Lipinski definition) is 4. The zero-order chi connectivity index (χ0) is 14.7. The molecule has 0 aromatic heterocycles. The molecule has 0 rings (SSSR count). The van der Waals surface area contributed by atoms with E-state index in [4.69, 9.17) is 9.47 Å². The maximum absolute atomic E-state index is 11.8. The number of esters is 2. The van der Waals surface area contributed by atoms with E-state index in [0.717, 1.165) is 23.5 Å². The Morgan fingerprint density at radius 2 is 1.53 bits per heavy atom. The van der Waals surface area contributed by atoms with Crippen molar-refractivity contribution in [3.8, 4) is 0 Å². The highest BCUT2D eigenvalue weighted by molar-refractivity contribution is 9.09. The van der Waals surface area contributed by atoms with E-state index < -0.39 is 5.41 Å². The summed E-state index contributed by atoms with van der Waals surface area (Å²) >= 11 is 6.54. The summed E-state index contributed by atoms with van der Waals surface area (Å²) in [6.07, 6.45) is 2.26. The first kappa shape index (κ1) is 18.9. The Morgan fingerprint density at radius 1 is 1.00 bits per heavy atom. The van der Waals surface area contributed by atoms with Gasteiger partial charge >= 0.3 is 11.9 Å². The second kappa shape index (κ2) is 10.7. The summed E-state index contributed by atoms with van der Waals surface area (Å²) in [6, 6.07) is 0. The first-order valence-electron chi connectivity index (χ1n) is 6.39. The van der Waals surface area contributed by atoms with Crippen molar-refractivity contribution in [1.82, 2.24) is 0 Å². The molecule has 0 spiro atoms. The fraction of sp³-hybridized carbons (Fsp3) is 0.846. The predicted molar refractivity (Wildman–Crippen MR) is 81.8 cm³/mol. The third kappa shape index (κ3) is 9.44. The Bertz CT molecular complexity index is 280. The molecule has 0 unspecified atom stereocenters. The lowest BCUT2D eigenvalue weighted by molar-refractivity contribution is -0.155. The van der Waals surface area contributed by atoms with Crippen molar-refractivity contribution in [2.24, 2.45) is 5.41 Å². The van der Waals surface area contributed by atoms with Gasteiger partial charge in [-0.3, -0.25) is 9.59 Å². The first-order valence-corrected chi connectivity index (χ1v) is 8.63. The lowest BCUT2D eigenvalue weighted by atomic mass is 9.88. The molecule has 0 bridgehead atoms. The molecule has 0 atom stereocenters. The molecule has 0 amide bonds. The van der Waals surface area contributed by atoms with E-state index in [1.54, 1.807) is 13.8 Å². The molecule has 0 aliphatic heterocycles. The van der Waals surface area contributed by atoms with Gasteiger partial charge in [-0.05, 0) is 33.1 Å². The van der Waals surface area contributed by atoms with Gasteiger partial charge in [-0.1, -0.05) is 31.9 Å². The van der Waals surface area contributed by atoms with Crippen LogP contribution in [0.2, 0.25) is 0 Å². The second-order valence-corrected chi connectivity index (χ2v) is 6.41. The van der Waals surface area contributed by atoms with E-state index in [1.807, 2.05) is 0 Å². The van der Waals surface area contributed by atoms with Gasteiger partial charge in [0, 0.05) is 17.1 Å². The highest BCUT2D eigenvalue weighted by atomic mass is 79.9. The molecule has 0 aromatic rings. The number of halogens is 2. The SMILES string of the molecule is CC(C)(CCC(=O)OCCCBr)C(=O)OCCCBr. The monoisotopic (exact) mass is 400 g/mol.